The predicted octanol–water partition coefficient (Wildman–Crippen LogP) is 6.45. The molecule has 4 nitrogen and oxygen atoms in total. The fraction of sp³-hybridized carbons (Fsp3) is 0.179. The molecule has 164 valence electrons. The molecule has 0 radical (unpaired) electrons. The summed E-state index contributed by atoms with van der Waals surface area (Å²) in [7, 11) is 0. The van der Waals surface area contributed by atoms with Gasteiger partial charge in [0.15, 0.2) is 5.75 Å². The van der Waals surface area contributed by atoms with Crippen LogP contribution in [0.5, 0.6) is 11.5 Å². The summed E-state index contributed by atoms with van der Waals surface area (Å²) in [4.78, 5) is 22.5. The molecule has 0 aliphatic rings. The number of ether oxygens (including phenoxy) is 1. The van der Waals surface area contributed by atoms with Crippen molar-refractivity contribution in [3.63, 3.8) is 0 Å². The Morgan fingerprint density at radius 2 is 1.25 bits per heavy atom. The zero-order chi connectivity index (χ0) is 22.6. The van der Waals surface area contributed by atoms with E-state index in [1.807, 2.05) is 84.9 Å². The van der Waals surface area contributed by atoms with E-state index in [0.717, 1.165) is 24.0 Å². The van der Waals surface area contributed by atoms with Gasteiger partial charge >= 0.3 is 5.97 Å². The van der Waals surface area contributed by atoms with Crippen LogP contribution in [0.25, 0.3) is 12.2 Å². The molecule has 3 aromatic rings. The lowest BCUT2D eigenvalue weighted by atomic mass is 10.1. The Morgan fingerprint density at radius 3 is 1.81 bits per heavy atom. The maximum atomic E-state index is 12.0. The number of carbonyl (C=O) groups excluding carboxylic acids is 1. The smallest absolute Gasteiger partial charge is 0.336 e. The van der Waals surface area contributed by atoms with E-state index in [9.17, 15) is 4.79 Å². The van der Waals surface area contributed by atoms with Crippen molar-refractivity contribution in [2.75, 3.05) is 6.61 Å². The van der Waals surface area contributed by atoms with E-state index in [2.05, 4.69) is 13.8 Å². The van der Waals surface area contributed by atoms with Crippen LogP contribution >= 0.6 is 0 Å². The van der Waals surface area contributed by atoms with Crippen molar-refractivity contribution in [1.82, 2.24) is 0 Å². The third-order valence-electron chi connectivity index (χ3n) is 4.86. The number of benzene rings is 3. The van der Waals surface area contributed by atoms with Gasteiger partial charge < -0.3 is 9.62 Å². The van der Waals surface area contributed by atoms with E-state index >= 15 is 0 Å². The topological polar surface area (TPSA) is 44.8 Å². The number of rotatable bonds is 10. The molecular weight excluding hydrogens is 400 g/mol. The molecule has 32 heavy (non-hydrogen) atoms. The maximum absolute atomic E-state index is 12.0. The van der Waals surface area contributed by atoms with Crippen molar-refractivity contribution in [1.29, 1.82) is 0 Å². The molecule has 0 fully saturated rings. The molecule has 0 amide bonds. The number of hydrogen-bond acceptors (Lipinski definition) is 4. The van der Waals surface area contributed by atoms with Crippen molar-refractivity contribution in [3.8, 4) is 11.5 Å². The van der Waals surface area contributed by atoms with E-state index in [1.165, 1.54) is 17.2 Å². The number of aryl methyl sites for hydroxylation is 2. The first-order valence-corrected chi connectivity index (χ1v) is 10.8. The number of hydrogen-bond donors (Lipinski definition) is 0. The Bertz CT molecular complexity index is 1030. The fourth-order valence-electron chi connectivity index (χ4n) is 2.93. The summed E-state index contributed by atoms with van der Waals surface area (Å²) in [6.07, 6.45) is 8.94. The van der Waals surface area contributed by atoms with Crippen molar-refractivity contribution in [2.24, 2.45) is 0 Å². The zero-order valence-electron chi connectivity index (χ0n) is 18.5. The summed E-state index contributed by atoms with van der Waals surface area (Å²) >= 11 is 0. The number of esters is 1. The lowest BCUT2D eigenvalue weighted by Crippen LogP contribution is -2.03. The van der Waals surface area contributed by atoms with Crippen LogP contribution in [-0.4, -0.2) is 12.6 Å². The highest BCUT2D eigenvalue weighted by atomic mass is 17.2. The molecular formula is C28H28O4. The molecule has 0 heterocycles. The van der Waals surface area contributed by atoms with Gasteiger partial charge in [-0.1, -0.05) is 74.5 Å². The molecule has 3 aromatic carbocycles. The zero-order valence-corrected chi connectivity index (χ0v) is 18.5. The molecule has 0 N–H and O–H groups in total. The Labute approximate surface area is 189 Å². The predicted molar refractivity (Wildman–Crippen MR) is 128 cm³/mol. The quantitative estimate of drug-likeness (QED) is 0.0929. The lowest BCUT2D eigenvalue weighted by Gasteiger charge is -2.03. The highest BCUT2D eigenvalue weighted by Crippen LogP contribution is 2.14. The van der Waals surface area contributed by atoms with E-state index in [1.54, 1.807) is 6.08 Å². The Hall–Kier alpha value is -3.63. The van der Waals surface area contributed by atoms with Crippen molar-refractivity contribution in [2.45, 2.75) is 26.7 Å². The van der Waals surface area contributed by atoms with Gasteiger partial charge in [-0.15, -0.1) is 0 Å². The molecule has 0 aliphatic carbocycles. The summed E-state index contributed by atoms with van der Waals surface area (Å²) in [5.74, 6) is 0.824. The van der Waals surface area contributed by atoms with Gasteiger partial charge in [-0.3, -0.25) is 0 Å². The summed E-state index contributed by atoms with van der Waals surface area (Å²) in [6, 6.07) is 23.2. The van der Waals surface area contributed by atoms with E-state index < -0.39 is 5.97 Å². The molecule has 0 unspecified atom stereocenters. The lowest BCUT2D eigenvalue weighted by molar-refractivity contribution is -0.195. The summed E-state index contributed by atoms with van der Waals surface area (Å²) in [5.41, 5.74) is 4.40. The van der Waals surface area contributed by atoms with Crippen LogP contribution in [0.3, 0.4) is 0 Å². The first kappa shape index (κ1) is 23.0. The van der Waals surface area contributed by atoms with Crippen molar-refractivity contribution in [3.05, 3.63) is 107 Å². The van der Waals surface area contributed by atoms with E-state index in [-0.39, 0.29) is 0 Å². The first-order valence-electron chi connectivity index (χ1n) is 10.8. The molecule has 0 bridgehead atoms. The molecule has 0 atom stereocenters. The van der Waals surface area contributed by atoms with Gasteiger partial charge in [-0.25, -0.2) is 4.79 Å². The van der Waals surface area contributed by atoms with Crippen LogP contribution in [-0.2, 0) is 22.5 Å². The van der Waals surface area contributed by atoms with Gasteiger partial charge in [-0.05, 0) is 65.4 Å². The van der Waals surface area contributed by atoms with Crippen LogP contribution in [0.15, 0.2) is 84.9 Å². The van der Waals surface area contributed by atoms with E-state index in [0.29, 0.717) is 18.1 Å². The second-order valence-electron chi connectivity index (χ2n) is 7.19. The van der Waals surface area contributed by atoms with Crippen LogP contribution in [0.1, 0.15) is 36.1 Å². The maximum Gasteiger partial charge on any atom is 0.336 e. The minimum absolute atomic E-state index is 0.336. The van der Waals surface area contributed by atoms with Crippen LogP contribution in [0.4, 0.5) is 0 Å². The molecule has 3 rings (SSSR count). The normalized spacial score (nSPS) is 11.2. The fourth-order valence-corrected chi connectivity index (χ4v) is 2.93. The van der Waals surface area contributed by atoms with Gasteiger partial charge in [0.05, 0.1) is 0 Å². The van der Waals surface area contributed by atoms with Crippen molar-refractivity contribution >= 4 is 18.1 Å². The third-order valence-corrected chi connectivity index (χ3v) is 4.86. The molecule has 4 heteroatoms. The van der Waals surface area contributed by atoms with Crippen LogP contribution < -0.4 is 9.62 Å². The SMILES string of the molecule is CCc1ccc(OOCC=Cc2ccc(C=CC(=O)Oc3ccc(CC)cc3)cc2)cc1. The van der Waals surface area contributed by atoms with Gasteiger partial charge in [0.25, 0.3) is 0 Å². The monoisotopic (exact) mass is 428 g/mol. The van der Waals surface area contributed by atoms with Gasteiger partial charge in [0, 0.05) is 6.08 Å². The third kappa shape index (κ3) is 7.56. The molecule has 0 aromatic heterocycles. The second-order valence-corrected chi connectivity index (χ2v) is 7.19. The number of carbonyl (C=O) groups is 1. The highest BCUT2D eigenvalue weighted by Gasteiger charge is 2.00. The second kappa shape index (κ2) is 12.3. The molecule has 0 saturated carbocycles. The largest absolute Gasteiger partial charge is 0.423 e. The van der Waals surface area contributed by atoms with Crippen LogP contribution in [0.2, 0.25) is 0 Å². The average molecular weight is 429 g/mol. The Balaban J connectivity index is 1.41. The molecule has 0 aliphatic heterocycles. The standard InChI is InChI=1S/C28H28O4/c1-3-22-11-16-26(17-12-22)31-28(29)20-15-25-9-7-24(8-10-25)6-5-21-30-32-27-18-13-23(4-2)14-19-27/h5-20H,3-4,21H2,1-2H3. The Morgan fingerprint density at radius 1 is 0.719 bits per heavy atom. The van der Waals surface area contributed by atoms with Crippen LogP contribution in [0, 0.1) is 0 Å². The minimum Gasteiger partial charge on any atom is -0.423 e. The Kier molecular flexibility index (Phi) is 8.84. The average Bonchev–Trinajstić information content (AvgIpc) is 2.84. The molecule has 0 saturated heterocycles. The van der Waals surface area contributed by atoms with Crippen molar-refractivity contribution < 1.29 is 19.3 Å². The minimum atomic E-state index is -0.403. The first-order chi connectivity index (χ1) is 15.7. The van der Waals surface area contributed by atoms with Gasteiger partial charge in [0.1, 0.15) is 12.4 Å². The summed E-state index contributed by atoms with van der Waals surface area (Å²) in [5, 5.41) is 0. The highest BCUT2D eigenvalue weighted by molar-refractivity contribution is 5.88. The summed E-state index contributed by atoms with van der Waals surface area (Å²) in [6.45, 7) is 4.53. The van der Waals surface area contributed by atoms with E-state index in [4.69, 9.17) is 14.5 Å². The summed E-state index contributed by atoms with van der Waals surface area (Å²) < 4.78 is 5.32. The van der Waals surface area contributed by atoms with Gasteiger partial charge in [0.2, 0.25) is 0 Å². The molecule has 0 spiro atoms. The van der Waals surface area contributed by atoms with Gasteiger partial charge in [-0.2, -0.15) is 4.89 Å².